The maximum atomic E-state index is 12.9. The van der Waals surface area contributed by atoms with E-state index in [-0.39, 0.29) is 12.1 Å². The molecule has 3 aromatic carbocycles. The fraction of sp³-hybridized carbons (Fsp3) is 0.474. The highest BCUT2D eigenvalue weighted by molar-refractivity contribution is 5.92. The van der Waals surface area contributed by atoms with Crippen molar-refractivity contribution in [3.05, 3.63) is 83.4 Å². The van der Waals surface area contributed by atoms with Crippen molar-refractivity contribution < 1.29 is 23.8 Å². The van der Waals surface area contributed by atoms with Crippen LogP contribution in [0.5, 0.6) is 11.5 Å². The Bertz CT molecular complexity index is 1250. The quantitative estimate of drug-likeness (QED) is 0.0794. The number of aryl methyl sites for hydroxylation is 1. The van der Waals surface area contributed by atoms with Crippen molar-refractivity contribution in [1.29, 1.82) is 0 Å². The van der Waals surface area contributed by atoms with E-state index >= 15 is 0 Å². The molecule has 0 heterocycles. The third-order valence-electron chi connectivity index (χ3n) is 7.79. The second kappa shape index (κ2) is 18.8. The number of hydrogen-bond donors (Lipinski definition) is 0. The Morgan fingerprint density at radius 3 is 1.86 bits per heavy atom. The zero-order valence-electron chi connectivity index (χ0n) is 26.7. The number of esters is 2. The van der Waals surface area contributed by atoms with Gasteiger partial charge in [0.15, 0.2) is 0 Å². The van der Waals surface area contributed by atoms with E-state index in [4.69, 9.17) is 14.2 Å². The monoisotopic (exact) mass is 586 g/mol. The van der Waals surface area contributed by atoms with Crippen molar-refractivity contribution in [3.8, 4) is 22.6 Å². The lowest BCUT2D eigenvalue weighted by molar-refractivity contribution is 0.0497. The molecule has 0 N–H and O–H groups in total. The molecule has 3 aromatic rings. The zero-order chi connectivity index (χ0) is 30.9. The van der Waals surface area contributed by atoms with Gasteiger partial charge in [0.05, 0.1) is 23.8 Å². The van der Waals surface area contributed by atoms with E-state index in [1.54, 1.807) is 30.3 Å². The number of carbonyl (C=O) groups excluding carboxylic acids is 2. The van der Waals surface area contributed by atoms with Crippen molar-refractivity contribution in [2.45, 2.75) is 111 Å². The van der Waals surface area contributed by atoms with Gasteiger partial charge in [0.2, 0.25) is 0 Å². The van der Waals surface area contributed by atoms with Crippen LogP contribution in [-0.4, -0.2) is 24.6 Å². The van der Waals surface area contributed by atoms with E-state index < -0.39 is 5.97 Å². The summed E-state index contributed by atoms with van der Waals surface area (Å²) < 4.78 is 17.3. The minimum Gasteiger partial charge on any atom is -0.490 e. The minimum atomic E-state index is -0.405. The standard InChI is InChI=1S/C38H50O5/c1-5-8-10-12-13-15-27-41-37(39)32-19-17-30(18-20-32)31-21-24-35(25-22-31)43-38(40)33-23-26-36(29(4)28-33)42-34(7-3)16-14-11-9-6-2/h17-26,28,34H,5-16,27H2,1-4H3. The second-order valence-corrected chi connectivity index (χ2v) is 11.4. The van der Waals surface area contributed by atoms with Gasteiger partial charge >= 0.3 is 11.9 Å². The van der Waals surface area contributed by atoms with Gasteiger partial charge in [-0.3, -0.25) is 0 Å². The first-order valence-corrected chi connectivity index (χ1v) is 16.3. The van der Waals surface area contributed by atoms with Gasteiger partial charge in [-0.15, -0.1) is 0 Å². The summed E-state index contributed by atoms with van der Waals surface area (Å²) in [5, 5.41) is 0. The molecule has 0 amide bonds. The summed E-state index contributed by atoms with van der Waals surface area (Å²) in [5.41, 5.74) is 3.89. The fourth-order valence-corrected chi connectivity index (χ4v) is 5.04. The highest BCUT2D eigenvalue weighted by Gasteiger charge is 2.14. The Balaban J connectivity index is 1.49. The van der Waals surface area contributed by atoms with Crippen molar-refractivity contribution in [1.82, 2.24) is 0 Å². The van der Waals surface area contributed by atoms with E-state index in [2.05, 4.69) is 20.8 Å². The van der Waals surface area contributed by atoms with Crippen molar-refractivity contribution in [2.75, 3.05) is 6.61 Å². The van der Waals surface area contributed by atoms with Crippen LogP contribution in [-0.2, 0) is 4.74 Å². The van der Waals surface area contributed by atoms with Gasteiger partial charge in [0.1, 0.15) is 11.5 Å². The maximum absolute atomic E-state index is 12.9. The fourth-order valence-electron chi connectivity index (χ4n) is 5.04. The van der Waals surface area contributed by atoms with Gasteiger partial charge in [-0.1, -0.05) is 96.4 Å². The smallest absolute Gasteiger partial charge is 0.343 e. The third-order valence-corrected chi connectivity index (χ3v) is 7.79. The van der Waals surface area contributed by atoms with Crippen LogP contribution in [0.2, 0.25) is 0 Å². The summed E-state index contributed by atoms with van der Waals surface area (Å²) in [5.74, 6) is 0.600. The number of benzene rings is 3. The van der Waals surface area contributed by atoms with Crippen LogP contribution in [0.3, 0.4) is 0 Å². The summed E-state index contributed by atoms with van der Waals surface area (Å²) in [6.07, 6.45) is 14.0. The van der Waals surface area contributed by atoms with Crippen molar-refractivity contribution in [2.24, 2.45) is 0 Å². The van der Waals surface area contributed by atoms with Crippen molar-refractivity contribution in [3.63, 3.8) is 0 Å². The van der Waals surface area contributed by atoms with Gasteiger partial charge < -0.3 is 14.2 Å². The summed E-state index contributed by atoms with van der Waals surface area (Å²) in [4.78, 5) is 25.2. The van der Waals surface area contributed by atoms with Crippen LogP contribution in [0.25, 0.3) is 11.1 Å². The molecule has 0 saturated carbocycles. The van der Waals surface area contributed by atoms with Crippen molar-refractivity contribution >= 4 is 11.9 Å². The predicted octanol–water partition coefficient (Wildman–Crippen LogP) is 10.5. The Kier molecular flexibility index (Phi) is 14.8. The number of hydrogen-bond acceptors (Lipinski definition) is 5. The molecular weight excluding hydrogens is 536 g/mol. The van der Waals surface area contributed by atoms with Crippen LogP contribution >= 0.6 is 0 Å². The van der Waals surface area contributed by atoms with Crippen LogP contribution in [0.4, 0.5) is 0 Å². The van der Waals surface area contributed by atoms with Gasteiger partial charge in [0, 0.05) is 0 Å². The lowest BCUT2D eigenvalue weighted by Gasteiger charge is -2.19. The first kappa shape index (κ1) is 33.9. The summed E-state index contributed by atoms with van der Waals surface area (Å²) in [6, 6.07) is 20.2. The molecule has 0 saturated heterocycles. The molecule has 3 rings (SSSR count). The molecule has 0 aromatic heterocycles. The molecule has 232 valence electrons. The van der Waals surface area contributed by atoms with Crippen LogP contribution in [0.15, 0.2) is 66.7 Å². The molecule has 0 radical (unpaired) electrons. The highest BCUT2D eigenvalue weighted by atomic mass is 16.5. The van der Waals surface area contributed by atoms with Crippen LogP contribution < -0.4 is 9.47 Å². The molecule has 5 heteroatoms. The lowest BCUT2D eigenvalue weighted by Crippen LogP contribution is -2.16. The first-order valence-electron chi connectivity index (χ1n) is 16.3. The number of rotatable bonds is 19. The molecule has 1 atom stereocenters. The SMILES string of the molecule is CCCCCCCCOC(=O)c1ccc(-c2ccc(OC(=O)c3ccc(OC(CC)CCCCCC)c(C)c3)cc2)cc1. The number of carbonyl (C=O) groups is 2. The minimum absolute atomic E-state index is 0.187. The molecule has 0 fully saturated rings. The summed E-state index contributed by atoms with van der Waals surface area (Å²) in [6.45, 7) is 9.00. The molecular formula is C38H50O5. The van der Waals surface area contributed by atoms with Gasteiger partial charge in [-0.25, -0.2) is 9.59 Å². The molecule has 0 aliphatic carbocycles. The van der Waals surface area contributed by atoms with Gasteiger partial charge in [0.25, 0.3) is 0 Å². The molecule has 0 spiro atoms. The van der Waals surface area contributed by atoms with E-state index in [0.717, 1.165) is 48.1 Å². The Morgan fingerprint density at radius 1 is 0.651 bits per heavy atom. The van der Waals surface area contributed by atoms with Crippen LogP contribution in [0, 0.1) is 6.92 Å². The number of unbranched alkanes of at least 4 members (excludes halogenated alkanes) is 8. The molecule has 1 unspecified atom stereocenters. The van der Waals surface area contributed by atoms with Gasteiger partial charge in [-0.05, 0) is 91.8 Å². The molecule has 5 nitrogen and oxygen atoms in total. The Hall–Kier alpha value is -3.60. The van der Waals surface area contributed by atoms with E-state index in [1.807, 2.05) is 43.3 Å². The molecule has 43 heavy (non-hydrogen) atoms. The lowest BCUT2D eigenvalue weighted by atomic mass is 10.0. The normalized spacial score (nSPS) is 11.6. The topological polar surface area (TPSA) is 61.8 Å². The second-order valence-electron chi connectivity index (χ2n) is 11.4. The van der Waals surface area contributed by atoms with E-state index in [0.29, 0.717) is 23.5 Å². The summed E-state index contributed by atoms with van der Waals surface area (Å²) in [7, 11) is 0. The molecule has 0 aliphatic rings. The average molecular weight is 587 g/mol. The highest BCUT2D eigenvalue weighted by Crippen LogP contribution is 2.26. The van der Waals surface area contributed by atoms with Gasteiger partial charge in [-0.2, -0.15) is 0 Å². The molecule has 0 aliphatic heterocycles. The first-order chi connectivity index (χ1) is 20.9. The largest absolute Gasteiger partial charge is 0.490 e. The Morgan fingerprint density at radius 2 is 1.23 bits per heavy atom. The number of ether oxygens (including phenoxy) is 3. The van der Waals surface area contributed by atoms with Crippen LogP contribution in [0.1, 0.15) is 124 Å². The predicted molar refractivity (Wildman–Crippen MR) is 175 cm³/mol. The van der Waals surface area contributed by atoms with E-state index in [1.165, 1.54) is 51.4 Å². The zero-order valence-corrected chi connectivity index (χ0v) is 26.7. The van der Waals surface area contributed by atoms with E-state index in [9.17, 15) is 9.59 Å². The maximum Gasteiger partial charge on any atom is 0.343 e. The third kappa shape index (κ3) is 11.5. The molecule has 0 bridgehead atoms. The average Bonchev–Trinajstić information content (AvgIpc) is 3.03. The summed E-state index contributed by atoms with van der Waals surface area (Å²) >= 11 is 0. The Labute approximate surface area is 259 Å².